The average Bonchev–Trinajstić information content (AvgIpc) is 2.80. The molecule has 0 aliphatic carbocycles. The van der Waals surface area contributed by atoms with Gasteiger partial charge in [-0.05, 0) is 35.2 Å². The summed E-state index contributed by atoms with van der Waals surface area (Å²) >= 11 is 0. The summed E-state index contributed by atoms with van der Waals surface area (Å²) in [6.07, 6.45) is 3.74. The van der Waals surface area contributed by atoms with Gasteiger partial charge in [0.05, 0.1) is 0 Å². The topological polar surface area (TPSA) is 84.7 Å². The maximum absolute atomic E-state index is 11.6. The second-order valence-electron chi connectivity index (χ2n) is 4.88. The quantitative estimate of drug-likeness (QED) is 0.781. The lowest BCUT2D eigenvalue weighted by Crippen LogP contribution is -2.46. The summed E-state index contributed by atoms with van der Waals surface area (Å²) in [5.41, 5.74) is 0.161. The maximum atomic E-state index is 11.6. The Labute approximate surface area is 112 Å². The summed E-state index contributed by atoms with van der Waals surface area (Å²) in [5.74, 6) is -0.0518. The molecule has 0 spiro atoms. The fourth-order valence-electron chi connectivity index (χ4n) is 2.04. The van der Waals surface area contributed by atoms with E-state index < -0.39 is 0 Å². The summed E-state index contributed by atoms with van der Waals surface area (Å²) in [5, 5.41) is 16.9. The van der Waals surface area contributed by atoms with Crippen molar-refractivity contribution in [1.82, 2.24) is 30.8 Å². The molecule has 0 saturated carbocycles. The van der Waals surface area contributed by atoms with Crippen LogP contribution in [0.4, 0.5) is 0 Å². The van der Waals surface area contributed by atoms with Crippen LogP contribution in [0.3, 0.4) is 0 Å². The molecular weight excluding hydrogens is 256 g/mol. The number of nitrogens with zero attached hydrogens (tertiary/aromatic N) is 4. The molecule has 0 radical (unpaired) electrons. The van der Waals surface area contributed by atoms with Crippen LogP contribution in [-0.4, -0.2) is 45.7 Å². The first-order chi connectivity index (χ1) is 8.18. The number of piperidine rings is 1. The Morgan fingerprint density at radius 1 is 1.61 bits per heavy atom. The van der Waals surface area contributed by atoms with E-state index in [0.717, 1.165) is 19.5 Å². The van der Waals surface area contributed by atoms with Gasteiger partial charge >= 0.3 is 0 Å². The van der Waals surface area contributed by atoms with E-state index in [4.69, 9.17) is 0 Å². The van der Waals surface area contributed by atoms with Crippen LogP contribution in [0.1, 0.15) is 19.8 Å². The molecule has 1 aliphatic rings. The standard InChI is InChI=1S/C10H18N6O.ClH/c1-10(3-2-4-11-6-10)7-12-9(17)5-16-8-13-14-15-16;/h8,11H,2-7H2,1H3,(H,12,17);1H. The molecule has 1 fully saturated rings. The first-order valence-corrected chi connectivity index (χ1v) is 5.86. The third-order valence-corrected chi connectivity index (χ3v) is 3.10. The van der Waals surface area contributed by atoms with Crippen molar-refractivity contribution in [2.75, 3.05) is 19.6 Å². The third-order valence-electron chi connectivity index (χ3n) is 3.10. The zero-order chi connectivity index (χ0) is 12.1. The third kappa shape index (κ3) is 4.23. The highest BCUT2D eigenvalue weighted by Gasteiger charge is 2.26. The number of carbonyl (C=O) groups is 1. The largest absolute Gasteiger partial charge is 0.354 e. The molecule has 8 heteroatoms. The van der Waals surface area contributed by atoms with Gasteiger partial charge in [-0.3, -0.25) is 4.79 Å². The van der Waals surface area contributed by atoms with E-state index in [2.05, 4.69) is 33.1 Å². The van der Waals surface area contributed by atoms with Gasteiger partial charge in [-0.25, -0.2) is 4.68 Å². The minimum Gasteiger partial charge on any atom is -0.354 e. The molecule has 2 N–H and O–H groups in total. The van der Waals surface area contributed by atoms with Crippen molar-refractivity contribution < 1.29 is 4.79 Å². The van der Waals surface area contributed by atoms with Crippen LogP contribution in [0.25, 0.3) is 0 Å². The molecule has 2 rings (SSSR count). The number of halogens is 1. The van der Waals surface area contributed by atoms with Crippen LogP contribution in [0, 0.1) is 5.41 Å². The van der Waals surface area contributed by atoms with Crippen molar-refractivity contribution in [1.29, 1.82) is 0 Å². The maximum Gasteiger partial charge on any atom is 0.241 e. The lowest BCUT2D eigenvalue weighted by molar-refractivity contribution is -0.122. The number of rotatable bonds is 4. The Bertz CT molecular complexity index is 362. The predicted octanol–water partition coefficient (Wildman–Crippen LogP) is -0.399. The van der Waals surface area contributed by atoms with Gasteiger partial charge < -0.3 is 10.6 Å². The Hall–Kier alpha value is -1.21. The molecule has 18 heavy (non-hydrogen) atoms. The van der Waals surface area contributed by atoms with E-state index in [1.54, 1.807) is 0 Å². The van der Waals surface area contributed by atoms with Gasteiger partial charge in [-0.1, -0.05) is 6.92 Å². The van der Waals surface area contributed by atoms with E-state index in [1.165, 1.54) is 17.4 Å². The van der Waals surface area contributed by atoms with Crippen LogP contribution in [0.15, 0.2) is 6.33 Å². The van der Waals surface area contributed by atoms with E-state index in [9.17, 15) is 4.79 Å². The smallest absolute Gasteiger partial charge is 0.241 e. The monoisotopic (exact) mass is 274 g/mol. The van der Waals surface area contributed by atoms with Gasteiger partial charge in [0.15, 0.2) is 0 Å². The van der Waals surface area contributed by atoms with Gasteiger partial charge in [0, 0.05) is 13.1 Å². The van der Waals surface area contributed by atoms with Crippen molar-refractivity contribution in [2.24, 2.45) is 5.41 Å². The number of hydrogen-bond acceptors (Lipinski definition) is 5. The molecular formula is C10H19ClN6O. The van der Waals surface area contributed by atoms with Crippen molar-refractivity contribution in [3.63, 3.8) is 0 Å². The first-order valence-electron chi connectivity index (χ1n) is 5.86. The molecule has 102 valence electrons. The Morgan fingerprint density at radius 2 is 2.44 bits per heavy atom. The van der Waals surface area contributed by atoms with Gasteiger partial charge in [0.25, 0.3) is 0 Å². The van der Waals surface area contributed by atoms with E-state index in [-0.39, 0.29) is 30.3 Å². The van der Waals surface area contributed by atoms with Crippen molar-refractivity contribution in [2.45, 2.75) is 26.3 Å². The van der Waals surface area contributed by atoms with Gasteiger partial charge in [0.1, 0.15) is 12.9 Å². The van der Waals surface area contributed by atoms with E-state index in [1.807, 2.05) is 0 Å². The minimum absolute atomic E-state index is 0. The average molecular weight is 275 g/mol. The molecule has 0 aromatic carbocycles. The second-order valence-corrected chi connectivity index (χ2v) is 4.88. The molecule has 1 unspecified atom stereocenters. The summed E-state index contributed by atoms with van der Waals surface area (Å²) in [6, 6.07) is 0. The van der Waals surface area contributed by atoms with Crippen LogP contribution in [0.2, 0.25) is 0 Å². The zero-order valence-corrected chi connectivity index (χ0v) is 11.2. The summed E-state index contributed by atoms with van der Waals surface area (Å²) < 4.78 is 1.41. The second kappa shape index (κ2) is 6.65. The molecule has 1 aromatic rings. The summed E-state index contributed by atoms with van der Waals surface area (Å²) in [6.45, 7) is 5.10. The number of nitrogens with one attached hydrogen (secondary N) is 2. The molecule has 1 amide bonds. The van der Waals surface area contributed by atoms with Gasteiger partial charge in [-0.15, -0.1) is 17.5 Å². The van der Waals surface area contributed by atoms with Crippen LogP contribution in [-0.2, 0) is 11.3 Å². The molecule has 1 aromatic heterocycles. The Kier molecular flexibility index (Phi) is 5.49. The van der Waals surface area contributed by atoms with Crippen LogP contribution >= 0.6 is 12.4 Å². The predicted molar refractivity (Wildman–Crippen MR) is 68.3 cm³/mol. The number of aromatic nitrogens is 4. The molecule has 1 atom stereocenters. The number of carbonyl (C=O) groups excluding carboxylic acids is 1. The van der Waals surface area contributed by atoms with Crippen molar-refractivity contribution in [3.05, 3.63) is 6.33 Å². The highest BCUT2D eigenvalue weighted by molar-refractivity contribution is 5.85. The Morgan fingerprint density at radius 3 is 3.06 bits per heavy atom. The lowest BCUT2D eigenvalue weighted by Gasteiger charge is -2.34. The SMILES string of the molecule is CC1(CNC(=O)Cn2cnnn2)CCCNC1.Cl. The molecule has 1 saturated heterocycles. The highest BCUT2D eigenvalue weighted by Crippen LogP contribution is 2.23. The fraction of sp³-hybridized carbons (Fsp3) is 0.800. The fourth-order valence-corrected chi connectivity index (χ4v) is 2.04. The van der Waals surface area contributed by atoms with E-state index in [0.29, 0.717) is 6.54 Å². The number of hydrogen-bond donors (Lipinski definition) is 2. The first kappa shape index (κ1) is 14.8. The Balaban J connectivity index is 0.00000162. The van der Waals surface area contributed by atoms with E-state index >= 15 is 0 Å². The molecule has 7 nitrogen and oxygen atoms in total. The summed E-state index contributed by atoms with van der Waals surface area (Å²) in [7, 11) is 0. The van der Waals surface area contributed by atoms with Gasteiger partial charge in [-0.2, -0.15) is 0 Å². The highest BCUT2D eigenvalue weighted by atomic mass is 35.5. The normalized spacial score (nSPS) is 23.2. The minimum atomic E-state index is -0.0518. The summed E-state index contributed by atoms with van der Waals surface area (Å²) in [4.78, 5) is 11.6. The van der Waals surface area contributed by atoms with Crippen LogP contribution in [0.5, 0.6) is 0 Å². The molecule has 1 aliphatic heterocycles. The van der Waals surface area contributed by atoms with Crippen LogP contribution < -0.4 is 10.6 Å². The zero-order valence-electron chi connectivity index (χ0n) is 10.4. The number of tetrazole rings is 1. The number of amides is 1. The van der Waals surface area contributed by atoms with Crippen molar-refractivity contribution in [3.8, 4) is 0 Å². The van der Waals surface area contributed by atoms with Crippen molar-refractivity contribution >= 4 is 18.3 Å². The van der Waals surface area contributed by atoms with Gasteiger partial charge in [0.2, 0.25) is 5.91 Å². The lowest BCUT2D eigenvalue weighted by atomic mass is 9.83. The molecule has 2 heterocycles. The molecule has 0 bridgehead atoms.